The predicted octanol–water partition coefficient (Wildman–Crippen LogP) is 0.971. The Morgan fingerprint density at radius 2 is 2.23 bits per heavy atom. The van der Waals surface area contributed by atoms with Crippen LogP contribution >= 0.6 is 23.1 Å². The second-order valence-corrected chi connectivity index (χ2v) is 5.49. The third kappa shape index (κ3) is 1.93. The number of hydrogen-bond acceptors (Lipinski definition) is 4. The Hall–Kier alpha value is -0.790. The van der Waals surface area contributed by atoms with Gasteiger partial charge in [-0.1, -0.05) is 6.07 Å². The van der Waals surface area contributed by atoms with Crippen LogP contribution in [0.25, 0.3) is 0 Å². The highest BCUT2D eigenvalue weighted by atomic mass is 35.5. The molecule has 0 spiro atoms. The van der Waals surface area contributed by atoms with E-state index in [4.69, 9.17) is 17.5 Å². The predicted molar refractivity (Wildman–Crippen MR) is 48.8 cm³/mol. The summed E-state index contributed by atoms with van der Waals surface area (Å²) in [6.45, 7) is 0. The highest BCUT2D eigenvalue weighted by Gasteiger charge is 2.26. The lowest BCUT2D eigenvalue weighted by atomic mass is 10.7. The van der Waals surface area contributed by atoms with Gasteiger partial charge < -0.3 is 5.73 Å². The molecule has 0 aliphatic rings. The molecular formula is C5H5ClN2O3S2. The number of thiophene rings is 1. The van der Waals surface area contributed by atoms with E-state index in [-0.39, 0.29) is 8.03 Å². The molecule has 0 fully saturated rings. The third-order valence-electron chi connectivity index (χ3n) is 1.13. The van der Waals surface area contributed by atoms with Crippen LogP contribution in [0.15, 0.2) is 21.7 Å². The summed E-state index contributed by atoms with van der Waals surface area (Å²) in [5.74, 6) is 0. The lowest BCUT2D eigenvalue weighted by Gasteiger charge is -2.08. The first-order valence-corrected chi connectivity index (χ1v) is 5.66. The van der Waals surface area contributed by atoms with Crippen molar-refractivity contribution in [3.05, 3.63) is 17.5 Å². The Bertz CT molecular complexity index is 399. The van der Waals surface area contributed by atoms with Crippen LogP contribution in [0.1, 0.15) is 0 Å². The van der Waals surface area contributed by atoms with Gasteiger partial charge in [-0.05, 0) is 11.4 Å². The van der Waals surface area contributed by atoms with Crippen molar-refractivity contribution >= 4 is 39.2 Å². The Balaban J connectivity index is 3.11. The summed E-state index contributed by atoms with van der Waals surface area (Å²) < 4.78 is 22.6. The van der Waals surface area contributed by atoms with Crippen LogP contribution in [0.5, 0.6) is 0 Å². The molecule has 1 aromatic rings. The highest BCUT2D eigenvalue weighted by Crippen LogP contribution is 2.21. The van der Waals surface area contributed by atoms with Crippen molar-refractivity contribution < 1.29 is 13.2 Å². The topological polar surface area (TPSA) is 80.5 Å². The molecule has 1 heterocycles. The second kappa shape index (κ2) is 3.52. The number of nitrogens with two attached hydrogens (primary N) is 1. The highest BCUT2D eigenvalue weighted by molar-refractivity contribution is 7.92. The fraction of sp³-hybridized carbons (Fsp3) is 0. The van der Waals surface area contributed by atoms with Gasteiger partial charge in [0.15, 0.2) is 0 Å². The molecule has 8 heteroatoms. The van der Waals surface area contributed by atoms with Gasteiger partial charge in [-0.3, -0.25) is 0 Å². The van der Waals surface area contributed by atoms with Crippen LogP contribution in [0.2, 0.25) is 0 Å². The maximum absolute atomic E-state index is 11.3. The van der Waals surface area contributed by atoms with Crippen molar-refractivity contribution in [2.24, 2.45) is 5.73 Å². The Morgan fingerprint density at radius 3 is 2.62 bits per heavy atom. The molecule has 0 radical (unpaired) electrons. The zero-order valence-electron chi connectivity index (χ0n) is 6.18. The largest absolute Gasteiger partial charge is 0.350 e. The van der Waals surface area contributed by atoms with Crippen molar-refractivity contribution in [2.75, 3.05) is 0 Å². The number of halogens is 1. The third-order valence-corrected chi connectivity index (χ3v) is 4.67. The van der Waals surface area contributed by atoms with Gasteiger partial charge in [0.2, 0.25) is 0 Å². The average molecular weight is 241 g/mol. The quantitative estimate of drug-likeness (QED) is 0.783. The van der Waals surface area contributed by atoms with E-state index in [1.54, 1.807) is 5.38 Å². The molecular weight excluding hydrogens is 236 g/mol. The number of carbonyl (C=O) groups is 1. The summed E-state index contributed by atoms with van der Waals surface area (Å²) >= 11 is 6.13. The first-order chi connectivity index (χ1) is 5.96. The number of carbonyl (C=O) groups excluding carboxylic acids is 1. The first-order valence-electron chi connectivity index (χ1n) is 3.00. The molecule has 0 bridgehead atoms. The van der Waals surface area contributed by atoms with Crippen molar-refractivity contribution in [2.45, 2.75) is 4.21 Å². The minimum atomic E-state index is -3.95. The average Bonchev–Trinajstić information content (AvgIpc) is 2.54. The summed E-state index contributed by atoms with van der Waals surface area (Å²) in [5.41, 5.74) is 4.71. The molecule has 0 atom stereocenters. The molecule has 2 amide bonds. The monoisotopic (exact) mass is 240 g/mol. The summed E-state index contributed by atoms with van der Waals surface area (Å²) in [4.78, 5) is 10.5. The zero-order chi connectivity index (χ0) is 10.1. The minimum absolute atomic E-state index is 0.0150. The lowest BCUT2D eigenvalue weighted by Crippen LogP contribution is -2.32. The summed E-state index contributed by atoms with van der Waals surface area (Å²) in [6, 6.07) is 1.64. The van der Waals surface area contributed by atoms with E-state index in [9.17, 15) is 13.2 Å². The number of hydrogen-bond donors (Lipinski definition) is 1. The fourth-order valence-electron chi connectivity index (χ4n) is 0.608. The minimum Gasteiger partial charge on any atom is -0.350 e. The summed E-state index contributed by atoms with van der Waals surface area (Å²) in [7, 11) is -3.95. The smallest absolute Gasteiger partial charge is 0.344 e. The fourth-order valence-corrected chi connectivity index (χ4v) is 2.92. The molecule has 0 aliphatic heterocycles. The molecule has 0 saturated heterocycles. The molecule has 13 heavy (non-hydrogen) atoms. The van der Waals surface area contributed by atoms with E-state index in [2.05, 4.69) is 0 Å². The molecule has 1 rings (SSSR count). The molecule has 5 nitrogen and oxygen atoms in total. The van der Waals surface area contributed by atoms with Crippen LogP contribution in [0.4, 0.5) is 4.79 Å². The maximum Gasteiger partial charge on any atom is 0.344 e. The maximum atomic E-state index is 11.3. The normalized spacial score (nSPS) is 11.2. The van der Waals surface area contributed by atoms with Gasteiger partial charge in [-0.15, -0.1) is 15.2 Å². The van der Waals surface area contributed by atoms with E-state index in [0.717, 1.165) is 11.3 Å². The van der Waals surface area contributed by atoms with Gasteiger partial charge in [-0.2, -0.15) is 8.42 Å². The SMILES string of the molecule is NC(=O)N(Cl)S(=O)(=O)c1cccs1. The van der Waals surface area contributed by atoms with Gasteiger partial charge in [0.25, 0.3) is 10.0 Å². The Morgan fingerprint density at radius 1 is 1.62 bits per heavy atom. The van der Waals surface area contributed by atoms with E-state index in [1.807, 2.05) is 0 Å². The second-order valence-electron chi connectivity index (χ2n) is 1.99. The van der Waals surface area contributed by atoms with Crippen molar-refractivity contribution in [3.63, 3.8) is 0 Å². The van der Waals surface area contributed by atoms with Crippen molar-refractivity contribution in [1.29, 1.82) is 0 Å². The van der Waals surface area contributed by atoms with E-state index >= 15 is 0 Å². The molecule has 0 aliphatic carbocycles. The van der Waals surface area contributed by atoms with Gasteiger partial charge >= 0.3 is 6.03 Å². The number of amides is 2. The number of nitrogens with zero attached hydrogens (tertiary/aromatic N) is 1. The standard InChI is InChI=1S/C5H5ClN2O3S2/c6-8(5(7)9)13(10,11)4-2-1-3-12-4/h1-3H,(H2,7,9). The first kappa shape index (κ1) is 10.3. The van der Waals surface area contributed by atoms with Crippen LogP contribution in [0, 0.1) is 0 Å². The van der Waals surface area contributed by atoms with Gasteiger partial charge in [-0.25, -0.2) is 4.79 Å². The van der Waals surface area contributed by atoms with E-state index in [0.29, 0.717) is 0 Å². The summed E-state index contributed by atoms with van der Waals surface area (Å²) in [5, 5.41) is 1.55. The van der Waals surface area contributed by atoms with Crippen LogP contribution in [-0.2, 0) is 10.0 Å². The zero-order valence-corrected chi connectivity index (χ0v) is 8.56. The van der Waals surface area contributed by atoms with Crippen LogP contribution < -0.4 is 5.73 Å². The van der Waals surface area contributed by atoms with Gasteiger partial charge in [0.05, 0.1) is 0 Å². The number of sulfonamides is 1. The van der Waals surface area contributed by atoms with Gasteiger partial charge in [0.1, 0.15) is 4.21 Å². The van der Waals surface area contributed by atoms with Crippen molar-refractivity contribution in [1.82, 2.24) is 3.82 Å². The molecule has 0 unspecified atom stereocenters. The molecule has 0 aromatic carbocycles. The molecule has 72 valence electrons. The van der Waals surface area contributed by atoms with E-state index < -0.39 is 16.1 Å². The number of urea groups is 1. The van der Waals surface area contributed by atoms with E-state index in [1.165, 1.54) is 12.1 Å². The van der Waals surface area contributed by atoms with Crippen molar-refractivity contribution in [3.8, 4) is 0 Å². The van der Waals surface area contributed by atoms with Gasteiger partial charge in [0, 0.05) is 11.8 Å². The number of primary amides is 1. The molecule has 0 saturated carbocycles. The van der Waals surface area contributed by atoms with Crippen LogP contribution in [0.3, 0.4) is 0 Å². The molecule has 1 aromatic heterocycles. The Labute approximate surface area is 83.9 Å². The summed E-state index contributed by atoms with van der Waals surface area (Å²) in [6.07, 6.45) is 0. The van der Waals surface area contributed by atoms with Crippen LogP contribution in [-0.4, -0.2) is 18.3 Å². The Kier molecular flexibility index (Phi) is 2.79. The lowest BCUT2D eigenvalue weighted by molar-refractivity contribution is 0.244. The number of rotatable bonds is 2. The molecule has 2 N–H and O–H groups in total.